The number of carbonyl (C=O) groups excluding carboxylic acids is 1. The lowest BCUT2D eigenvalue weighted by Gasteiger charge is -2.59. The maximum absolute atomic E-state index is 12.5. The third kappa shape index (κ3) is 2.91. The van der Waals surface area contributed by atoms with Crippen LogP contribution in [0.1, 0.15) is 51.0 Å². The number of carbonyl (C=O) groups is 1. The second kappa shape index (κ2) is 5.81. The molecule has 1 amide bonds. The highest BCUT2D eigenvalue weighted by molar-refractivity contribution is 6.31. The van der Waals surface area contributed by atoms with E-state index in [1.807, 2.05) is 24.3 Å². The molecule has 23 heavy (non-hydrogen) atoms. The highest BCUT2D eigenvalue weighted by atomic mass is 35.5. The average Bonchev–Trinajstić information content (AvgIpc) is 2.48. The van der Waals surface area contributed by atoms with Gasteiger partial charge in [0.15, 0.2) is 0 Å². The van der Waals surface area contributed by atoms with Gasteiger partial charge >= 0.3 is 0 Å². The predicted molar refractivity (Wildman–Crippen MR) is 93.4 cm³/mol. The van der Waals surface area contributed by atoms with Crippen LogP contribution in [0.5, 0.6) is 0 Å². The highest BCUT2D eigenvalue weighted by Crippen LogP contribution is 2.61. The van der Waals surface area contributed by atoms with Gasteiger partial charge in [0.05, 0.1) is 6.42 Å². The number of hydrogen-bond donors (Lipinski definition) is 1. The van der Waals surface area contributed by atoms with E-state index in [0.29, 0.717) is 16.9 Å². The molecule has 0 heterocycles. The molecular formula is C20H26ClNO. The van der Waals surface area contributed by atoms with Crippen molar-refractivity contribution in [3.63, 3.8) is 0 Å². The summed E-state index contributed by atoms with van der Waals surface area (Å²) in [5.41, 5.74) is 1.29. The van der Waals surface area contributed by atoms with E-state index in [1.165, 1.54) is 38.5 Å². The lowest BCUT2D eigenvalue weighted by Crippen LogP contribution is -2.56. The van der Waals surface area contributed by atoms with E-state index in [1.54, 1.807) is 0 Å². The number of halogens is 1. The molecule has 0 unspecified atom stereocenters. The first-order chi connectivity index (χ1) is 11.0. The number of amides is 1. The molecule has 0 radical (unpaired) electrons. The van der Waals surface area contributed by atoms with Crippen LogP contribution in [-0.4, -0.2) is 11.9 Å². The summed E-state index contributed by atoms with van der Waals surface area (Å²) in [5, 5.41) is 4.00. The lowest BCUT2D eigenvalue weighted by molar-refractivity contribution is -0.125. The van der Waals surface area contributed by atoms with Gasteiger partial charge < -0.3 is 5.32 Å². The molecule has 1 atom stereocenters. The van der Waals surface area contributed by atoms with Crippen molar-refractivity contribution < 1.29 is 4.79 Å². The van der Waals surface area contributed by atoms with Crippen LogP contribution < -0.4 is 5.32 Å². The molecule has 0 aromatic heterocycles. The molecule has 4 saturated carbocycles. The van der Waals surface area contributed by atoms with Crippen molar-refractivity contribution in [1.82, 2.24) is 5.32 Å². The summed E-state index contributed by atoms with van der Waals surface area (Å²) in [7, 11) is 0. The molecule has 124 valence electrons. The van der Waals surface area contributed by atoms with Crippen LogP contribution in [-0.2, 0) is 11.2 Å². The van der Waals surface area contributed by atoms with Gasteiger partial charge in [-0.2, -0.15) is 0 Å². The first-order valence-electron chi connectivity index (χ1n) is 9.07. The van der Waals surface area contributed by atoms with E-state index in [9.17, 15) is 4.79 Å². The fourth-order valence-corrected chi connectivity index (χ4v) is 6.17. The quantitative estimate of drug-likeness (QED) is 0.858. The monoisotopic (exact) mass is 331 g/mol. The highest BCUT2D eigenvalue weighted by Gasteiger charge is 2.53. The summed E-state index contributed by atoms with van der Waals surface area (Å²) in [5.74, 6) is 2.87. The molecule has 0 spiro atoms. The Bertz CT molecular complexity index is 576. The number of nitrogens with one attached hydrogen (secondary N) is 1. The van der Waals surface area contributed by atoms with Gasteiger partial charge in [-0.1, -0.05) is 29.8 Å². The van der Waals surface area contributed by atoms with Crippen molar-refractivity contribution in [3.8, 4) is 0 Å². The van der Waals surface area contributed by atoms with E-state index < -0.39 is 0 Å². The van der Waals surface area contributed by atoms with Gasteiger partial charge in [-0.15, -0.1) is 0 Å². The molecule has 4 aliphatic rings. The second-order valence-electron chi connectivity index (χ2n) is 8.34. The molecule has 4 fully saturated rings. The van der Waals surface area contributed by atoms with Gasteiger partial charge in [0.2, 0.25) is 5.91 Å². The molecule has 0 saturated heterocycles. The standard InChI is InChI=1S/C20H26ClNO/c1-13(22-19(23)9-17-4-2-3-5-18(17)21)20-10-14-6-15(11-20)8-16(7-14)12-20/h2-5,13-16H,6-12H2,1H3,(H,22,23)/t13-,14?,15?,16?,20?/m1/s1. The third-order valence-electron chi connectivity index (χ3n) is 6.69. The Morgan fingerprint density at radius 1 is 1.17 bits per heavy atom. The summed E-state index contributed by atoms with van der Waals surface area (Å²) in [6, 6.07) is 7.92. The molecule has 3 heteroatoms. The van der Waals surface area contributed by atoms with Crippen LogP contribution in [0.15, 0.2) is 24.3 Å². The largest absolute Gasteiger partial charge is 0.353 e. The van der Waals surface area contributed by atoms with Crippen LogP contribution >= 0.6 is 11.6 Å². The third-order valence-corrected chi connectivity index (χ3v) is 7.06. The maximum Gasteiger partial charge on any atom is 0.224 e. The summed E-state index contributed by atoms with van der Waals surface area (Å²) >= 11 is 6.18. The Hall–Kier alpha value is -1.02. The lowest BCUT2D eigenvalue weighted by atomic mass is 9.48. The summed E-state index contributed by atoms with van der Waals surface area (Å²) in [4.78, 5) is 12.5. The van der Waals surface area contributed by atoms with E-state index >= 15 is 0 Å². The zero-order chi connectivity index (χ0) is 16.0. The van der Waals surface area contributed by atoms with Crippen molar-refractivity contribution in [2.75, 3.05) is 0 Å². The minimum Gasteiger partial charge on any atom is -0.353 e. The van der Waals surface area contributed by atoms with Crippen LogP contribution in [0, 0.1) is 23.2 Å². The van der Waals surface area contributed by atoms with Gasteiger partial charge in [-0.25, -0.2) is 0 Å². The topological polar surface area (TPSA) is 29.1 Å². The Morgan fingerprint density at radius 3 is 2.30 bits per heavy atom. The molecule has 4 bridgehead atoms. The summed E-state index contributed by atoms with van der Waals surface area (Å²) in [6.07, 6.45) is 8.70. The normalized spacial score (nSPS) is 36.0. The van der Waals surface area contributed by atoms with E-state index in [-0.39, 0.29) is 11.9 Å². The molecular weight excluding hydrogens is 306 g/mol. The Morgan fingerprint density at radius 2 is 1.74 bits per heavy atom. The smallest absolute Gasteiger partial charge is 0.224 e. The van der Waals surface area contributed by atoms with E-state index in [0.717, 1.165) is 23.3 Å². The molecule has 4 aliphatic carbocycles. The fourth-order valence-electron chi connectivity index (χ4n) is 5.97. The molecule has 1 aromatic rings. The van der Waals surface area contributed by atoms with Gasteiger partial charge in [0.25, 0.3) is 0 Å². The first kappa shape index (κ1) is 15.5. The van der Waals surface area contributed by atoms with Gasteiger partial charge in [-0.05, 0) is 80.2 Å². The predicted octanol–water partition coefficient (Wildman–Crippen LogP) is 4.60. The maximum atomic E-state index is 12.5. The van der Waals surface area contributed by atoms with Crippen LogP contribution in [0.2, 0.25) is 5.02 Å². The molecule has 5 rings (SSSR count). The minimum absolute atomic E-state index is 0.112. The average molecular weight is 332 g/mol. The van der Waals surface area contributed by atoms with Crippen molar-refractivity contribution in [3.05, 3.63) is 34.9 Å². The molecule has 1 aromatic carbocycles. The fraction of sp³-hybridized carbons (Fsp3) is 0.650. The van der Waals surface area contributed by atoms with Crippen molar-refractivity contribution >= 4 is 17.5 Å². The zero-order valence-corrected chi connectivity index (χ0v) is 14.6. The Kier molecular flexibility index (Phi) is 3.91. The van der Waals surface area contributed by atoms with Gasteiger partial charge in [-0.3, -0.25) is 4.79 Å². The van der Waals surface area contributed by atoms with Crippen molar-refractivity contribution in [1.29, 1.82) is 0 Å². The second-order valence-corrected chi connectivity index (χ2v) is 8.74. The van der Waals surface area contributed by atoms with Crippen LogP contribution in [0.4, 0.5) is 0 Å². The number of benzene rings is 1. The molecule has 1 N–H and O–H groups in total. The van der Waals surface area contributed by atoms with Crippen molar-refractivity contribution in [2.24, 2.45) is 23.2 Å². The Labute approximate surface area is 144 Å². The zero-order valence-electron chi connectivity index (χ0n) is 13.9. The van der Waals surface area contributed by atoms with Crippen molar-refractivity contribution in [2.45, 2.75) is 57.9 Å². The Balaban J connectivity index is 1.43. The minimum atomic E-state index is 0.112. The van der Waals surface area contributed by atoms with Gasteiger partial charge in [0, 0.05) is 11.1 Å². The first-order valence-corrected chi connectivity index (χ1v) is 9.45. The summed E-state index contributed by atoms with van der Waals surface area (Å²) < 4.78 is 0. The summed E-state index contributed by atoms with van der Waals surface area (Å²) in [6.45, 7) is 2.23. The number of hydrogen-bond acceptors (Lipinski definition) is 1. The van der Waals surface area contributed by atoms with E-state index in [2.05, 4.69) is 12.2 Å². The number of rotatable bonds is 4. The van der Waals surface area contributed by atoms with Gasteiger partial charge in [0.1, 0.15) is 0 Å². The van der Waals surface area contributed by atoms with Crippen LogP contribution in [0.3, 0.4) is 0 Å². The van der Waals surface area contributed by atoms with E-state index in [4.69, 9.17) is 11.6 Å². The molecule has 0 aliphatic heterocycles. The van der Waals surface area contributed by atoms with Crippen LogP contribution in [0.25, 0.3) is 0 Å². The molecule has 2 nitrogen and oxygen atoms in total. The SMILES string of the molecule is C[C@@H](NC(=O)Cc1ccccc1Cl)C12CC3CC(CC(C3)C1)C2.